The Balaban J connectivity index is 3.89. The lowest BCUT2D eigenvalue weighted by Crippen LogP contribution is -2.16. The summed E-state index contributed by atoms with van der Waals surface area (Å²) < 4.78 is 0. The zero-order chi connectivity index (χ0) is 12.6. The molecule has 16 heavy (non-hydrogen) atoms. The second kappa shape index (κ2) is 8.14. The van der Waals surface area contributed by atoms with E-state index in [0.29, 0.717) is 5.41 Å². The quantitative estimate of drug-likeness (QED) is 0.448. The van der Waals surface area contributed by atoms with Gasteiger partial charge >= 0.3 is 0 Å². The fourth-order valence-electron chi connectivity index (χ4n) is 2.85. The van der Waals surface area contributed by atoms with Crippen LogP contribution in [0, 0.1) is 17.3 Å². The molecule has 1 atom stereocenters. The highest BCUT2D eigenvalue weighted by Gasteiger charge is 2.20. The molecule has 0 aromatic carbocycles. The minimum atomic E-state index is 0.549. The zero-order valence-electron chi connectivity index (χ0n) is 12.6. The molecular weight excluding hydrogens is 192 g/mol. The first-order chi connectivity index (χ1) is 7.41. The minimum Gasteiger partial charge on any atom is -0.0654 e. The summed E-state index contributed by atoms with van der Waals surface area (Å²) in [6.07, 6.45) is 9.82. The summed E-state index contributed by atoms with van der Waals surface area (Å²) in [7, 11) is 0. The first-order valence-corrected chi connectivity index (χ1v) is 7.41. The van der Waals surface area contributed by atoms with Gasteiger partial charge in [0.05, 0.1) is 0 Å². The van der Waals surface area contributed by atoms with Crippen LogP contribution >= 0.6 is 0 Å². The minimum absolute atomic E-state index is 0.549. The molecule has 0 radical (unpaired) electrons. The SMILES string of the molecule is CCCCC(CC)CCC(C)(C)CC(C)C. The number of rotatable bonds is 9. The van der Waals surface area contributed by atoms with Crippen molar-refractivity contribution in [2.24, 2.45) is 17.3 Å². The fraction of sp³-hybridized carbons (Fsp3) is 1.00. The van der Waals surface area contributed by atoms with Crippen LogP contribution in [0.1, 0.15) is 86.5 Å². The summed E-state index contributed by atoms with van der Waals surface area (Å²) in [5.74, 6) is 1.82. The Hall–Kier alpha value is 0. The molecule has 0 heterocycles. The van der Waals surface area contributed by atoms with Gasteiger partial charge in [-0.2, -0.15) is 0 Å². The van der Waals surface area contributed by atoms with Crippen LogP contribution in [0.15, 0.2) is 0 Å². The lowest BCUT2D eigenvalue weighted by Gasteiger charge is -2.28. The van der Waals surface area contributed by atoms with Crippen molar-refractivity contribution in [3.05, 3.63) is 0 Å². The van der Waals surface area contributed by atoms with Gasteiger partial charge in [0, 0.05) is 0 Å². The predicted molar refractivity (Wildman–Crippen MR) is 75.8 cm³/mol. The van der Waals surface area contributed by atoms with Crippen molar-refractivity contribution < 1.29 is 0 Å². The first-order valence-electron chi connectivity index (χ1n) is 7.41. The molecule has 0 rings (SSSR count). The van der Waals surface area contributed by atoms with E-state index in [1.165, 1.54) is 44.9 Å². The van der Waals surface area contributed by atoms with Crippen LogP contribution in [0.2, 0.25) is 0 Å². The van der Waals surface area contributed by atoms with Gasteiger partial charge in [-0.25, -0.2) is 0 Å². The molecule has 0 spiro atoms. The van der Waals surface area contributed by atoms with E-state index in [1.54, 1.807) is 0 Å². The van der Waals surface area contributed by atoms with Crippen molar-refractivity contribution in [3.8, 4) is 0 Å². The van der Waals surface area contributed by atoms with E-state index in [1.807, 2.05) is 0 Å². The second-order valence-corrected chi connectivity index (χ2v) is 6.72. The molecule has 0 heteroatoms. The van der Waals surface area contributed by atoms with Gasteiger partial charge in [0.25, 0.3) is 0 Å². The molecule has 0 saturated carbocycles. The molecule has 0 saturated heterocycles. The third kappa shape index (κ3) is 8.19. The summed E-state index contributed by atoms with van der Waals surface area (Å²) in [6.45, 7) is 14.2. The van der Waals surface area contributed by atoms with E-state index in [2.05, 4.69) is 41.5 Å². The van der Waals surface area contributed by atoms with E-state index >= 15 is 0 Å². The van der Waals surface area contributed by atoms with Crippen molar-refractivity contribution >= 4 is 0 Å². The van der Waals surface area contributed by atoms with Crippen molar-refractivity contribution in [2.45, 2.75) is 86.5 Å². The van der Waals surface area contributed by atoms with Crippen LogP contribution in [0.4, 0.5) is 0 Å². The molecule has 0 N–H and O–H groups in total. The lowest BCUT2D eigenvalue weighted by molar-refractivity contribution is 0.234. The fourth-order valence-corrected chi connectivity index (χ4v) is 2.85. The molecule has 0 aliphatic rings. The Morgan fingerprint density at radius 1 is 1.00 bits per heavy atom. The third-order valence-electron chi connectivity index (χ3n) is 3.73. The van der Waals surface area contributed by atoms with Crippen molar-refractivity contribution in [2.75, 3.05) is 0 Å². The van der Waals surface area contributed by atoms with Crippen LogP contribution in [0.25, 0.3) is 0 Å². The van der Waals surface area contributed by atoms with Gasteiger partial charge in [0.1, 0.15) is 0 Å². The number of hydrogen-bond donors (Lipinski definition) is 0. The van der Waals surface area contributed by atoms with Crippen LogP contribution in [-0.4, -0.2) is 0 Å². The standard InChI is InChI=1S/C16H34/c1-7-9-10-15(8-2)11-12-16(5,6)13-14(3)4/h14-15H,7-13H2,1-6H3. The van der Waals surface area contributed by atoms with Crippen LogP contribution in [0.3, 0.4) is 0 Å². The van der Waals surface area contributed by atoms with Gasteiger partial charge < -0.3 is 0 Å². The van der Waals surface area contributed by atoms with Gasteiger partial charge in [-0.1, -0.05) is 67.2 Å². The van der Waals surface area contributed by atoms with Crippen LogP contribution < -0.4 is 0 Å². The molecule has 0 aromatic heterocycles. The molecule has 98 valence electrons. The van der Waals surface area contributed by atoms with E-state index in [4.69, 9.17) is 0 Å². The second-order valence-electron chi connectivity index (χ2n) is 6.72. The Morgan fingerprint density at radius 3 is 2.06 bits per heavy atom. The highest BCUT2D eigenvalue weighted by atomic mass is 14.3. The lowest BCUT2D eigenvalue weighted by atomic mass is 9.77. The third-order valence-corrected chi connectivity index (χ3v) is 3.73. The van der Waals surface area contributed by atoms with Crippen LogP contribution in [-0.2, 0) is 0 Å². The van der Waals surface area contributed by atoms with E-state index < -0.39 is 0 Å². The first kappa shape index (κ1) is 16.0. The average molecular weight is 226 g/mol. The van der Waals surface area contributed by atoms with Crippen LogP contribution in [0.5, 0.6) is 0 Å². The molecule has 0 aliphatic carbocycles. The maximum Gasteiger partial charge on any atom is -0.0352 e. The van der Waals surface area contributed by atoms with Gasteiger partial charge in [-0.3, -0.25) is 0 Å². The molecule has 0 fully saturated rings. The topological polar surface area (TPSA) is 0 Å². The summed E-state index contributed by atoms with van der Waals surface area (Å²) in [5.41, 5.74) is 0.549. The van der Waals surface area contributed by atoms with Crippen molar-refractivity contribution in [1.82, 2.24) is 0 Å². The monoisotopic (exact) mass is 226 g/mol. The predicted octanol–water partition coefficient (Wildman–Crippen LogP) is 6.06. The van der Waals surface area contributed by atoms with Gasteiger partial charge in [0.15, 0.2) is 0 Å². The molecule has 0 aliphatic heterocycles. The smallest absolute Gasteiger partial charge is 0.0352 e. The molecule has 0 aromatic rings. The Morgan fingerprint density at radius 2 is 1.62 bits per heavy atom. The Kier molecular flexibility index (Phi) is 8.14. The van der Waals surface area contributed by atoms with Gasteiger partial charge in [-0.15, -0.1) is 0 Å². The molecule has 0 nitrogen and oxygen atoms in total. The van der Waals surface area contributed by atoms with Gasteiger partial charge in [0.2, 0.25) is 0 Å². The maximum atomic E-state index is 2.44. The highest BCUT2D eigenvalue weighted by Crippen LogP contribution is 2.33. The van der Waals surface area contributed by atoms with Crippen molar-refractivity contribution in [3.63, 3.8) is 0 Å². The number of hydrogen-bond acceptors (Lipinski definition) is 0. The van der Waals surface area contributed by atoms with E-state index in [9.17, 15) is 0 Å². The Labute approximate surface area is 104 Å². The van der Waals surface area contributed by atoms with Gasteiger partial charge in [-0.05, 0) is 36.5 Å². The van der Waals surface area contributed by atoms with Crippen molar-refractivity contribution in [1.29, 1.82) is 0 Å². The summed E-state index contributed by atoms with van der Waals surface area (Å²) in [5, 5.41) is 0. The van der Waals surface area contributed by atoms with E-state index in [0.717, 1.165) is 11.8 Å². The highest BCUT2D eigenvalue weighted by molar-refractivity contribution is 4.72. The normalized spacial score (nSPS) is 14.4. The summed E-state index contributed by atoms with van der Waals surface area (Å²) >= 11 is 0. The largest absolute Gasteiger partial charge is 0.0654 e. The Bertz CT molecular complexity index is 155. The molecule has 0 bridgehead atoms. The average Bonchev–Trinajstić information content (AvgIpc) is 2.16. The van der Waals surface area contributed by atoms with E-state index in [-0.39, 0.29) is 0 Å². The molecule has 1 unspecified atom stereocenters. The number of unbranched alkanes of at least 4 members (excludes halogenated alkanes) is 1. The summed E-state index contributed by atoms with van der Waals surface area (Å²) in [4.78, 5) is 0. The maximum absolute atomic E-state index is 2.44. The molecule has 0 amide bonds. The molecular formula is C16H34. The summed E-state index contributed by atoms with van der Waals surface area (Å²) in [6, 6.07) is 0. The zero-order valence-corrected chi connectivity index (χ0v) is 12.6.